The highest BCUT2D eigenvalue weighted by Crippen LogP contribution is 2.22. The van der Waals surface area contributed by atoms with Gasteiger partial charge in [0.15, 0.2) is 5.84 Å². The molecule has 2 heterocycles. The van der Waals surface area contributed by atoms with Crippen molar-refractivity contribution in [2.75, 3.05) is 0 Å². The number of nitrogens with one attached hydrogen (secondary N) is 1. The summed E-state index contributed by atoms with van der Waals surface area (Å²) in [5.74, 6) is 0.149. The first-order chi connectivity index (χ1) is 4.88. The zero-order valence-electron chi connectivity index (χ0n) is 5.07. The standard InChI is InChI=1S/C6H4N4/c7-6-5-4(9-10-6)2-1-3-8-5/h1-3,7H. The Kier molecular flexibility index (Phi) is 0.887. The minimum Gasteiger partial charge on any atom is -0.279 e. The molecule has 1 aromatic rings. The third-order valence-electron chi connectivity index (χ3n) is 1.27. The van der Waals surface area contributed by atoms with Crippen LogP contribution in [-0.4, -0.2) is 10.8 Å². The molecule has 0 amide bonds. The van der Waals surface area contributed by atoms with Gasteiger partial charge < -0.3 is 0 Å². The highest BCUT2D eigenvalue weighted by molar-refractivity contribution is 6.01. The van der Waals surface area contributed by atoms with Gasteiger partial charge in [0.2, 0.25) is 0 Å². The molecular weight excluding hydrogens is 128 g/mol. The maximum atomic E-state index is 7.21. The third kappa shape index (κ3) is 0.556. The van der Waals surface area contributed by atoms with Crippen molar-refractivity contribution in [3.05, 3.63) is 24.0 Å². The van der Waals surface area contributed by atoms with Crippen molar-refractivity contribution in [2.24, 2.45) is 10.2 Å². The van der Waals surface area contributed by atoms with Gasteiger partial charge in [0.05, 0.1) is 0 Å². The summed E-state index contributed by atoms with van der Waals surface area (Å²) >= 11 is 0. The number of hydrogen-bond acceptors (Lipinski definition) is 3. The summed E-state index contributed by atoms with van der Waals surface area (Å²) in [6, 6.07) is 3.56. The van der Waals surface area contributed by atoms with E-state index in [9.17, 15) is 0 Å². The van der Waals surface area contributed by atoms with E-state index in [-0.39, 0.29) is 5.84 Å². The number of hydrogen-bond donors (Lipinski definition) is 1. The Bertz CT molecular complexity index is 315. The lowest BCUT2D eigenvalue weighted by molar-refractivity contribution is 1.28. The van der Waals surface area contributed by atoms with Crippen molar-refractivity contribution in [2.45, 2.75) is 0 Å². The Morgan fingerprint density at radius 1 is 1.30 bits per heavy atom. The lowest BCUT2D eigenvalue weighted by Crippen LogP contribution is -1.91. The average Bonchev–Trinajstić information content (AvgIpc) is 2.34. The number of rotatable bonds is 0. The van der Waals surface area contributed by atoms with E-state index in [1.165, 1.54) is 0 Å². The molecule has 0 aromatic carbocycles. The molecular formula is C6H4N4. The molecule has 4 heteroatoms. The van der Waals surface area contributed by atoms with Gasteiger partial charge in [0, 0.05) is 6.20 Å². The smallest absolute Gasteiger partial charge is 0.195 e. The Hall–Kier alpha value is -1.58. The van der Waals surface area contributed by atoms with Gasteiger partial charge in [0.25, 0.3) is 0 Å². The molecule has 0 bridgehead atoms. The molecule has 1 aromatic heterocycles. The monoisotopic (exact) mass is 132 g/mol. The van der Waals surface area contributed by atoms with Crippen molar-refractivity contribution in [3.63, 3.8) is 0 Å². The second-order valence-corrected chi connectivity index (χ2v) is 1.92. The highest BCUT2D eigenvalue weighted by atomic mass is 15.2. The first-order valence-corrected chi connectivity index (χ1v) is 2.83. The second kappa shape index (κ2) is 1.70. The van der Waals surface area contributed by atoms with Gasteiger partial charge in [-0.15, -0.1) is 10.2 Å². The molecule has 0 spiro atoms. The summed E-state index contributed by atoms with van der Waals surface area (Å²) in [6.45, 7) is 0. The van der Waals surface area contributed by atoms with Crippen LogP contribution in [0.15, 0.2) is 28.6 Å². The molecule has 4 nitrogen and oxygen atoms in total. The number of amidine groups is 1. The Morgan fingerprint density at radius 2 is 2.20 bits per heavy atom. The van der Waals surface area contributed by atoms with Gasteiger partial charge in [-0.05, 0) is 12.1 Å². The molecule has 0 saturated carbocycles. The Morgan fingerprint density at radius 3 is 3.00 bits per heavy atom. The highest BCUT2D eigenvalue weighted by Gasteiger charge is 2.13. The normalized spacial score (nSPS) is 13.8. The summed E-state index contributed by atoms with van der Waals surface area (Å²) in [6.07, 6.45) is 1.63. The summed E-state index contributed by atoms with van der Waals surface area (Å²) in [4.78, 5) is 3.93. The summed E-state index contributed by atoms with van der Waals surface area (Å²) in [7, 11) is 0. The molecule has 10 heavy (non-hydrogen) atoms. The lowest BCUT2D eigenvalue weighted by Gasteiger charge is -1.88. The maximum absolute atomic E-state index is 7.21. The molecule has 1 N–H and O–H groups in total. The van der Waals surface area contributed by atoms with Crippen LogP contribution in [0, 0.1) is 5.41 Å². The quantitative estimate of drug-likeness (QED) is 0.571. The van der Waals surface area contributed by atoms with E-state index < -0.39 is 0 Å². The van der Waals surface area contributed by atoms with E-state index >= 15 is 0 Å². The molecule has 1 aliphatic rings. The minimum atomic E-state index is 0.149. The largest absolute Gasteiger partial charge is 0.279 e. The third-order valence-corrected chi connectivity index (χ3v) is 1.27. The predicted octanol–water partition coefficient (Wildman–Crippen LogP) is 1.50. The van der Waals surface area contributed by atoms with Crippen molar-refractivity contribution in [1.82, 2.24) is 4.98 Å². The average molecular weight is 132 g/mol. The molecule has 0 saturated heterocycles. The first-order valence-electron chi connectivity index (χ1n) is 2.83. The van der Waals surface area contributed by atoms with Crippen molar-refractivity contribution in [3.8, 4) is 0 Å². The van der Waals surface area contributed by atoms with Gasteiger partial charge in [0.1, 0.15) is 11.4 Å². The fourth-order valence-corrected chi connectivity index (χ4v) is 0.811. The van der Waals surface area contributed by atoms with Crippen molar-refractivity contribution < 1.29 is 0 Å². The van der Waals surface area contributed by atoms with Gasteiger partial charge in [-0.25, -0.2) is 0 Å². The second-order valence-electron chi connectivity index (χ2n) is 1.92. The molecule has 0 radical (unpaired) electrons. The van der Waals surface area contributed by atoms with E-state index in [1.807, 2.05) is 0 Å². The van der Waals surface area contributed by atoms with Crippen molar-refractivity contribution >= 4 is 11.5 Å². The number of azo groups is 1. The molecule has 48 valence electrons. The minimum absolute atomic E-state index is 0.149. The topological polar surface area (TPSA) is 61.5 Å². The van der Waals surface area contributed by atoms with Crippen LogP contribution in [0.4, 0.5) is 5.69 Å². The molecule has 0 fully saturated rings. The summed E-state index contributed by atoms with van der Waals surface area (Å²) < 4.78 is 0. The maximum Gasteiger partial charge on any atom is 0.195 e. The van der Waals surface area contributed by atoms with Crippen LogP contribution in [0.25, 0.3) is 0 Å². The summed E-state index contributed by atoms with van der Waals surface area (Å²) in [5.41, 5.74) is 1.26. The van der Waals surface area contributed by atoms with E-state index in [0.29, 0.717) is 11.4 Å². The molecule has 0 atom stereocenters. The Balaban J connectivity index is 2.70. The fraction of sp³-hybridized carbons (Fsp3) is 0. The van der Waals surface area contributed by atoms with E-state index in [0.717, 1.165) is 0 Å². The Labute approximate surface area is 57.1 Å². The van der Waals surface area contributed by atoms with E-state index in [4.69, 9.17) is 5.41 Å². The van der Waals surface area contributed by atoms with Gasteiger partial charge in [-0.3, -0.25) is 10.4 Å². The van der Waals surface area contributed by atoms with Crippen LogP contribution in [0.5, 0.6) is 0 Å². The SMILES string of the molecule is N=C1N=Nc2cccnc21. The molecule has 0 unspecified atom stereocenters. The van der Waals surface area contributed by atoms with E-state index in [1.54, 1.807) is 18.3 Å². The fourth-order valence-electron chi connectivity index (χ4n) is 0.811. The van der Waals surface area contributed by atoms with E-state index in [2.05, 4.69) is 15.2 Å². The first kappa shape index (κ1) is 5.22. The number of aromatic nitrogens is 1. The number of nitrogens with zero attached hydrogens (tertiary/aromatic N) is 3. The van der Waals surface area contributed by atoms with Crippen molar-refractivity contribution in [1.29, 1.82) is 5.41 Å². The van der Waals surface area contributed by atoms with Crippen LogP contribution < -0.4 is 0 Å². The van der Waals surface area contributed by atoms with Gasteiger partial charge in [-0.2, -0.15) is 0 Å². The van der Waals surface area contributed by atoms with Crippen LogP contribution in [0.3, 0.4) is 0 Å². The molecule has 0 aliphatic carbocycles. The van der Waals surface area contributed by atoms with Gasteiger partial charge in [-0.1, -0.05) is 0 Å². The van der Waals surface area contributed by atoms with Crippen LogP contribution >= 0.6 is 0 Å². The lowest BCUT2D eigenvalue weighted by atomic mass is 10.3. The van der Waals surface area contributed by atoms with Crippen LogP contribution in [0.2, 0.25) is 0 Å². The van der Waals surface area contributed by atoms with Crippen LogP contribution in [-0.2, 0) is 0 Å². The number of pyridine rings is 1. The summed E-state index contributed by atoms with van der Waals surface area (Å²) in [5, 5.41) is 14.5. The zero-order chi connectivity index (χ0) is 6.97. The number of fused-ring (bicyclic) bond motifs is 1. The van der Waals surface area contributed by atoms with Gasteiger partial charge >= 0.3 is 0 Å². The predicted molar refractivity (Wildman–Crippen MR) is 35.6 cm³/mol. The zero-order valence-corrected chi connectivity index (χ0v) is 5.07. The molecule has 1 aliphatic heterocycles. The van der Waals surface area contributed by atoms with Crippen LogP contribution in [0.1, 0.15) is 5.69 Å². The molecule has 2 rings (SSSR count).